The molecule has 1 saturated heterocycles. The van der Waals surface area contributed by atoms with Crippen LogP contribution in [0.1, 0.15) is 13.3 Å². The van der Waals surface area contributed by atoms with Gasteiger partial charge in [0.15, 0.2) is 5.96 Å². The minimum atomic E-state index is 0.770. The van der Waals surface area contributed by atoms with Crippen molar-refractivity contribution in [2.24, 2.45) is 4.99 Å². The third kappa shape index (κ3) is 10.5. The molecule has 1 fully saturated rings. The van der Waals surface area contributed by atoms with Gasteiger partial charge in [-0.05, 0) is 20.4 Å². The standard InChI is InChI=1S/C16H35N5O2/c1-4-17-16(19-7-9-20(2)10-13-22-3)18-6-5-8-21-11-14-23-15-12-21/h4-15H2,1-3H3,(H2,17,18,19). The number of rotatable bonds is 11. The van der Waals surface area contributed by atoms with E-state index in [0.29, 0.717) is 0 Å². The maximum absolute atomic E-state index is 5.36. The third-order valence-corrected chi connectivity index (χ3v) is 3.81. The van der Waals surface area contributed by atoms with E-state index in [2.05, 4.69) is 39.4 Å². The molecule has 0 radical (unpaired) electrons. The predicted octanol–water partition coefficient (Wildman–Crippen LogP) is -0.158. The summed E-state index contributed by atoms with van der Waals surface area (Å²) >= 11 is 0. The van der Waals surface area contributed by atoms with Crippen molar-refractivity contribution in [2.75, 3.05) is 86.3 Å². The van der Waals surface area contributed by atoms with Gasteiger partial charge in [-0.15, -0.1) is 0 Å². The lowest BCUT2D eigenvalue weighted by molar-refractivity contribution is 0.0377. The largest absolute Gasteiger partial charge is 0.383 e. The van der Waals surface area contributed by atoms with Gasteiger partial charge in [0.1, 0.15) is 0 Å². The SMILES string of the molecule is CCNC(=NCCCN1CCOCC1)NCCN(C)CCOC. The molecule has 0 aromatic heterocycles. The summed E-state index contributed by atoms with van der Waals surface area (Å²) in [6.07, 6.45) is 1.09. The van der Waals surface area contributed by atoms with Gasteiger partial charge >= 0.3 is 0 Å². The molecule has 2 N–H and O–H groups in total. The van der Waals surface area contributed by atoms with Crippen molar-refractivity contribution in [1.82, 2.24) is 20.4 Å². The van der Waals surface area contributed by atoms with Crippen LogP contribution in [0.25, 0.3) is 0 Å². The minimum Gasteiger partial charge on any atom is -0.383 e. The van der Waals surface area contributed by atoms with Gasteiger partial charge < -0.3 is 25.0 Å². The molecule has 0 unspecified atom stereocenters. The minimum absolute atomic E-state index is 0.770. The number of morpholine rings is 1. The summed E-state index contributed by atoms with van der Waals surface area (Å²) < 4.78 is 10.4. The van der Waals surface area contributed by atoms with Crippen LogP contribution in [-0.4, -0.2) is 102 Å². The van der Waals surface area contributed by atoms with Gasteiger partial charge in [0.2, 0.25) is 0 Å². The monoisotopic (exact) mass is 329 g/mol. The summed E-state index contributed by atoms with van der Waals surface area (Å²) in [6, 6.07) is 0. The molecule has 7 heteroatoms. The maximum Gasteiger partial charge on any atom is 0.191 e. The first-order valence-corrected chi connectivity index (χ1v) is 8.76. The van der Waals surface area contributed by atoms with Crippen molar-refractivity contribution in [3.05, 3.63) is 0 Å². The van der Waals surface area contributed by atoms with Gasteiger partial charge in [-0.3, -0.25) is 9.89 Å². The van der Waals surface area contributed by atoms with Gasteiger partial charge in [-0.25, -0.2) is 0 Å². The summed E-state index contributed by atoms with van der Waals surface area (Å²) in [5.41, 5.74) is 0. The quantitative estimate of drug-likeness (QED) is 0.312. The first-order valence-electron chi connectivity index (χ1n) is 8.76. The molecular formula is C16H35N5O2. The van der Waals surface area contributed by atoms with Crippen molar-refractivity contribution in [1.29, 1.82) is 0 Å². The van der Waals surface area contributed by atoms with E-state index in [1.54, 1.807) is 7.11 Å². The highest BCUT2D eigenvalue weighted by Gasteiger charge is 2.09. The number of nitrogens with one attached hydrogen (secondary N) is 2. The highest BCUT2D eigenvalue weighted by Crippen LogP contribution is 1.98. The van der Waals surface area contributed by atoms with Crippen LogP contribution in [-0.2, 0) is 9.47 Å². The van der Waals surface area contributed by atoms with Gasteiger partial charge in [-0.1, -0.05) is 0 Å². The van der Waals surface area contributed by atoms with E-state index >= 15 is 0 Å². The molecule has 0 aromatic carbocycles. The Morgan fingerprint density at radius 3 is 2.74 bits per heavy atom. The Bertz CT molecular complexity index is 309. The maximum atomic E-state index is 5.36. The second-order valence-corrected chi connectivity index (χ2v) is 5.79. The number of methoxy groups -OCH3 is 1. The number of hydrogen-bond acceptors (Lipinski definition) is 5. The second-order valence-electron chi connectivity index (χ2n) is 5.79. The molecular weight excluding hydrogens is 294 g/mol. The van der Waals surface area contributed by atoms with Crippen LogP contribution in [0, 0.1) is 0 Å². The third-order valence-electron chi connectivity index (χ3n) is 3.81. The van der Waals surface area contributed by atoms with Crippen molar-refractivity contribution in [3.8, 4) is 0 Å². The lowest BCUT2D eigenvalue weighted by Gasteiger charge is -2.26. The molecule has 0 aliphatic carbocycles. The van der Waals surface area contributed by atoms with Crippen molar-refractivity contribution in [2.45, 2.75) is 13.3 Å². The Hall–Kier alpha value is -0.890. The first-order chi connectivity index (χ1) is 11.3. The molecule has 1 heterocycles. The van der Waals surface area contributed by atoms with Crippen LogP contribution in [0.4, 0.5) is 0 Å². The highest BCUT2D eigenvalue weighted by atomic mass is 16.5. The Morgan fingerprint density at radius 2 is 2.04 bits per heavy atom. The summed E-state index contributed by atoms with van der Waals surface area (Å²) in [4.78, 5) is 9.35. The van der Waals surface area contributed by atoms with Crippen LogP contribution >= 0.6 is 0 Å². The van der Waals surface area contributed by atoms with Crippen LogP contribution in [0.5, 0.6) is 0 Å². The molecule has 23 heavy (non-hydrogen) atoms. The van der Waals surface area contributed by atoms with E-state index in [4.69, 9.17) is 9.47 Å². The van der Waals surface area contributed by atoms with E-state index < -0.39 is 0 Å². The lowest BCUT2D eigenvalue weighted by Crippen LogP contribution is -2.41. The van der Waals surface area contributed by atoms with Crippen molar-refractivity contribution in [3.63, 3.8) is 0 Å². The molecule has 0 saturated carbocycles. The topological polar surface area (TPSA) is 61.4 Å². The number of likely N-dealkylation sites (N-methyl/N-ethyl adjacent to an activating group) is 1. The zero-order valence-electron chi connectivity index (χ0n) is 15.1. The van der Waals surface area contributed by atoms with Gasteiger partial charge in [0.25, 0.3) is 0 Å². The molecule has 1 aliphatic heterocycles. The number of nitrogens with zero attached hydrogens (tertiary/aromatic N) is 3. The van der Waals surface area contributed by atoms with Crippen LogP contribution in [0.3, 0.4) is 0 Å². The smallest absolute Gasteiger partial charge is 0.191 e. The first kappa shape index (κ1) is 20.2. The molecule has 136 valence electrons. The van der Waals surface area contributed by atoms with Gasteiger partial charge in [-0.2, -0.15) is 0 Å². The summed E-state index contributed by atoms with van der Waals surface area (Å²) in [5.74, 6) is 0.912. The highest BCUT2D eigenvalue weighted by molar-refractivity contribution is 5.79. The second kappa shape index (κ2) is 13.5. The zero-order chi connectivity index (χ0) is 16.8. The van der Waals surface area contributed by atoms with Crippen molar-refractivity contribution < 1.29 is 9.47 Å². The Kier molecular flexibility index (Phi) is 11.9. The van der Waals surface area contributed by atoms with Crippen LogP contribution in [0.2, 0.25) is 0 Å². The number of guanidine groups is 1. The molecule has 0 bridgehead atoms. The Labute approximate surface area is 141 Å². The van der Waals surface area contributed by atoms with Gasteiger partial charge in [0, 0.05) is 59.5 Å². The number of aliphatic imine (C=N–C) groups is 1. The molecule has 0 amide bonds. The molecule has 7 nitrogen and oxygen atoms in total. The molecule has 1 rings (SSSR count). The van der Waals surface area contributed by atoms with Crippen LogP contribution in [0.15, 0.2) is 4.99 Å². The predicted molar refractivity (Wildman–Crippen MR) is 95.2 cm³/mol. The van der Waals surface area contributed by atoms with E-state index in [1.165, 1.54) is 0 Å². The number of hydrogen-bond donors (Lipinski definition) is 2. The molecule has 1 aliphatic rings. The normalized spacial score (nSPS) is 16.8. The Balaban J connectivity index is 2.16. The average Bonchev–Trinajstić information content (AvgIpc) is 2.57. The fourth-order valence-corrected chi connectivity index (χ4v) is 2.38. The summed E-state index contributed by atoms with van der Waals surface area (Å²) in [5, 5.41) is 6.69. The van der Waals surface area contributed by atoms with Crippen LogP contribution < -0.4 is 10.6 Å². The average molecular weight is 329 g/mol. The summed E-state index contributed by atoms with van der Waals surface area (Å²) in [7, 11) is 3.84. The van der Waals surface area contributed by atoms with E-state index in [-0.39, 0.29) is 0 Å². The van der Waals surface area contributed by atoms with E-state index in [9.17, 15) is 0 Å². The van der Waals surface area contributed by atoms with Crippen molar-refractivity contribution >= 4 is 5.96 Å². The number of ether oxygens (including phenoxy) is 2. The molecule has 0 aromatic rings. The fraction of sp³-hybridized carbons (Fsp3) is 0.938. The van der Waals surface area contributed by atoms with Gasteiger partial charge in [0.05, 0.1) is 19.8 Å². The van der Waals surface area contributed by atoms with E-state index in [1.807, 2.05) is 0 Å². The fourth-order valence-electron chi connectivity index (χ4n) is 2.38. The summed E-state index contributed by atoms with van der Waals surface area (Å²) in [6.45, 7) is 12.3. The lowest BCUT2D eigenvalue weighted by atomic mass is 10.3. The zero-order valence-corrected chi connectivity index (χ0v) is 15.1. The Morgan fingerprint density at radius 1 is 1.26 bits per heavy atom. The van der Waals surface area contributed by atoms with E-state index in [0.717, 1.165) is 84.6 Å². The molecule has 0 spiro atoms. The molecule has 0 atom stereocenters.